The zero-order valence-electron chi connectivity index (χ0n) is 25.1. The number of halogens is 2. The standard InChI is InChI=1S/C31H37Cl2N3O6S/c1-7-21(3)34-31(38)22(4)35(18-23-10-14-26(32)27(33)16-23)30(37)19-36(24-11-15-28(41-5)29(17-24)42-6)43(39,40)25-12-8-20(2)9-13-25/h8-17,21-22H,7,18-19H2,1-6H3,(H,34,38)/t21-,22-/m1/s1. The second-order valence-corrected chi connectivity index (χ2v) is 12.8. The summed E-state index contributed by atoms with van der Waals surface area (Å²) >= 11 is 12.3. The molecule has 0 aliphatic carbocycles. The van der Waals surface area contributed by atoms with Crippen LogP contribution in [-0.4, -0.2) is 58.0 Å². The molecule has 0 bridgehead atoms. The predicted octanol–water partition coefficient (Wildman–Crippen LogP) is 5.85. The van der Waals surface area contributed by atoms with Crippen molar-refractivity contribution < 1.29 is 27.5 Å². The molecule has 0 heterocycles. The zero-order chi connectivity index (χ0) is 31.9. The lowest BCUT2D eigenvalue weighted by Gasteiger charge is -2.32. The molecule has 0 radical (unpaired) electrons. The minimum Gasteiger partial charge on any atom is -0.493 e. The Hall–Kier alpha value is -3.47. The van der Waals surface area contributed by atoms with Gasteiger partial charge in [0, 0.05) is 18.7 Å². The van der Waals surface area contributed by atoms with Gasteiger partial charge in [0.05, 0.1) is 34.8 Å². The fourth-order valence-corrected chi connectivity index (χ4v) is 5.96. The Bertz CT molecular complexity index is 1550. The minimum atomic E-state index is -4.25. The maximum Gasteiger partial charge on any atom is 0.264 e. The van der Waals surface area contributed by atoms with Gasteiger partial charge in [-0.15, -0.1) is 0 Å². The first kappa shape index (κ1) is 34.0. The third-order valence-corrected chi connectivity index (χ3v) is 9.58. The molecule has 0 aromatic heterocycles. The number of nitrogens with one attached hydrogen (secondary N) is 1. The van der Waals surface area contributed by atoms with E-state index in [-0.39, 0.29) is 39.8 Å². The predicted molar refractivity (Wildman–Crippen MR) is 170 cm³/mol. The molecule has 3 aromatic carbocycles. The molecule has 0 aliphatic rings. The van der Waals surface area contributed by atoms with E-state index in [1.807, 2.05) is 20.8 Å². The number of amides is 2. The number of ether oxygens (including phenoxy) is 2. The van der Waals surface area contributed by atoms with Crippen LogP contribution in [0.5, 0.6) is 11.5 Å². The highest BCUT2D eigenvalue weighted by Crippen LogP contribution is 2.34. The summed E-state index contributed by atoms with van der Waals surface area (Å²) in [5.74, 6) is -0.308. The number of hydrogen-bond donors (Lipinski definition) is 1. The van der Waals surface area contributed by atoms with Gasteiger partial charge in [-0.25, -0.2) is 8.42 Å². The number of aryl methyl sites for hydroxylation is 1. The summed E-state index contributed by atoms with van der Waals surface area (Å²) in [5, 5.41) is 3.53. The van der Waals surface area contributed by atoms with Gasteiger partial charge in [-0.1, -0.05) is 53.9 Å². The highest BCUT2D eigenvalue weighted by Gasteiger charge is 2.33. The second-order valence-electron chi connectivity index (χ2n) is 10.1. The van der Waals surface area contributed by atoms with Crippen LogP contribution in [0.25, 0.3) is 0 Å². The first-order valence-electron chi connectivity index (χ1n) is 13.7. The van der Waals surface area contributed by atoms with E-state index in [1.54, 1.807) is 43.3 Å². The van der Waals surface area contributed by atoms with E-state index in [0.29, 0.717) is 22.8 Å². The van der Waals surface area contributed by atoms with Crippen LogP contribution >= 0.6 is 23.2 Å². The molecule has 9 nitrogen and oxygen atoms in total. The Morgan fingerprint density at radius 3 is 2.14 bits per heavy atom. The molecule has 1 N–H and O–H groups in total. The number of hydrogen-bond acceptors (Lipinski definition) is 6. The number of sulfonamides is 1. The monoisotopic (exact) mass is 649 g/mol. The van der Waals surface area contributed by atoms with Crippen LogP contribution < -0.4 is 19.1 Å². The van der Waals surface area contributed by atoms with Crippen molar-refractivity contribution >= 4 is 50.7 Å². The summed E-state index contributed by atoms with van der Waals surface area (Å²) < 4.78 is 39.9. The fraction of sp³-hybridized carbons (Fsp3) is 0.355. The summed E-state index contributed by atoms with van der Waals surface area (Å²) in [7, 11) is -1.35. The van der Waals surface area contributed by atoms with Gasteiger partial charge in [-0.2, -0.15) is 0 Å². The average molecular weight is 651 g/mol. The van der Waals surface area contributed by atoms with Gasteiger partial charge < -0.3 is 19.7 Å². The molecule has 2 atom stereocenters. The molecule has 3 rings (SSSR count). The summed E-state index contributed by atoms with van der Waals surface area (Å²) in [6.07, 6.45) is 0.696. The van der Waals surface area contributed by atoms with Gasteiger partial charge in [-0.3, -0.25) is 13.9 Å². The molecule has 2 amide bonds. The summed E-state index contributed by atoms with van der Waals surface area (Å²) in [6, 6.07) is 14.8. The first-order chi connectivity index (χ1) is 20.3. The number of carbonyl (C=O) groups excluding carboxylic acids is 2. The molecule has 0 spiro atoms. The van der Waals surface area contributed by atoms with Gasteiger partial charge >= 0.3 is 0 Å². The summed E-state index contributed by atoms with van der Waals surface area (Å²) in [5.41, 5.74) is 1.67. The Balaban J connectivity index is 2.10. The normalized spacial score (nSPS) is 12.7. The van der Waals surface area contributed by atoms with E-state index in [4.69, 9.17) is 32.7 Å². The van der Waals surface area contributed by atoms with Crippen molar-refractivity contribution in [3.63, 3.8) is 0 Å². The van der Waals surface area contributed by atoms with E-state index in [1.165, 1.54) is 43.4 Å². The molecule has 0 fully saturated rings. The number of carbonyl (C=O) groups is 2. The second kappa shape index (κ2) is 14.8. The van der Waals surface area contributed by atoms with Crippen molar-refractivity contribution in [2.24, 2.45) is 0 Å². The van der Waals surface area contributed by atoms with Gasteiger partial charge in [0.15, 0.2) is 11.5 Å². The van der Waals surface area contributed by atoms with Crippen LogP contribution in [-0.2, 0) is 26.2 Å². The van der Waals surface area contributed by atoms with Crippen molar-refractivity contribution in [1.29, 1.82) is 0 Å². The Labute approximate surface area is 263 Å². The highest BCUT2D eigenvalue weighted by molar-refractivity contribution is 7.92. The average Bonchev–Trinajstić information content (AvgIpc) is 2.99. The van der Waals surface area contributed by atoms with E-state index in [2.05, 4.69) is 5.32 Å². The van der Waals surface area contributed by atoms with E-state index in [0.717, 1.165) is 9.87 Å². The third-order valence-electron chi connectivity index (χ3n) is 7.05. The maximum atomic E-state index is 14.1. The Morgan fingerprint density at radius 2 is 1.56 bits per heavy atom. The third kappa shape index (κ3) is 8.34. The van der Waals surface area contributed by atoms with Crippen molar-refractivity contribution in [3.05, 3.63) is 81.8 Å². The lowest BCUT2D eigenvalue weighted by atomic mass is 10.1. The molecule has 0 saturated carbocycles. The lowest BCUT2D eigenvalue weighted by Crippen LogP contribution is -2.52. The number of rotatable bonds is 13. The fourth-order valence-electron chi connectivity index (χ4n) is 4.23. The van der Waals surface area contributed by atoms with E-state index in [9.17, 15) is 18.0 Å². The number of nitrogens with zero attached hydrogens (tertiary/aromatic N) is 2. The van der Waals surface area contributed by atoms with Gasteiger partial charge in [0.1, 0.15) is 12.6 Å². The molecule has 0 unspecified atom stereocenters. The van der Waals surface area contributed by atoms with Gasteiger partial charge in [-0.05, 0) is 69.2 Å². The minimum absolute atomic E-state index is 0.000667. The Morgan fingerprint density at radius 1 is 0.907 bits per heavy atom. The van der Waals surface area contributed by atoms with Crippen molar-refractivity contribution in [3.8, 4) is 11.5 Å². The summed E-state index contributed by atoms with van der Waals surface area (Å²) in [6.45, 7) is 6.62. The zero-order valence-corrected chi connectivity index (χ0v) is 27.4. The Kier molecular flexibility index (Phi) is 11.7. The smallest absolute Gasteiger partial charge is 0.264 e. The number of benzene rings is 3. The molecule has 12 heteroatoms. The first-order valence-corrected chi connectivity index (χ1v) is 15.9. The molecule has 232 valence electrons. The number of anilines is 1. The molecular formula is C31H37Cl2N3O6S. The van der Waals surface area contributed by atoms with Crippen LogP contribution in [0.3, 0.4) is 0 Å². The van der Waals surface area contributed by atoms with Gasteiger partial charge in [0.25, 0.3) is 10.0 Å². The van der Waals surface area contributed by atoms with Crippen LogP contribution in [0.1, 0.15) is 38.3 Å². The van der Waals surface area contributed by atoms with Crippen molar-refractivity contribution in [1.82, 2.24) is 10.2 Å². The molecule has 0 saturated heterocycles. The molecule has 3 aromatic rings. The van der Waals surface area contributed by atoms with Crippen LogP contribution in [0.2, 0.25) is 10.0 Å². The van der Waals surface area contributed by atoms with Crippen molar-refractivity contribution in [2.45, 2.75) is 57.6 Å². The topological polar surface area (TPSA) is 105 Å². The quantitative estimate of drug-likeness (QED) is 0.249. The molecule has 43 heavy (non-hydrogen) atoms. The number of methoxy groups -OCH3 is 2. The molecule has 0 aliphatic heterocycles. The van der Waals surface area contributed by atoms with Crippen LogP contribution in [0, 0.1) is 6.92 Å². The maximum absolute atomic E-state index is 14.1. The summed E-state index contributed by atoms with van der Waals surface area (Å²) in [4.78, 5) is 28.7. The van der Waals surface area contributed by atoms with Crippen LogP contribution in [0.4, 0.5) is 5.69 Å². The van der Waals surface area contributed by atoms with Crippen LogP contribution in [0.15, 0.2) is 65.6 Å². The highest BCUT2D eigenvalue weighted by atomic mass is 35.5. The molecular weight excluding hydrogens is 613 g/mol. The van der Waals surface area contributed by atoms with E-state index < -0.39 is 28.5 Å². The largest absolute Gasteiger partial charge is 0.493 e. The SMILES string of the molecule is CC[C@@H](C)NC(=O)[C@@H](C)N(Cc1ccc(Cl)c(Cl)c1)C(=O)CN(c1ccc(OC)c(OC)c1)S(=O)(=O)c1ccc(C)cc1. The van der Waals surface area contributed by atoms with E-state index >= 15 is 0 Å². The van der Waals surface area contributed by atoms with Gasteiger partial charge in [0.2, 0.25) is 11.8 Å². The van der Waals surface area contributed by atoms with Crippen molar-refractivity contribution in [2.75, 3.05) is 25.1 Å². The lowest BCUT2D eigenvalue weighted by molar-refractivity contribution is -0.139.